The third-order valence-electron chi connectivity index (χ3n) is 5.52. The highest BCUT2D eigenvalue weighted by Crippen LogP contribution is 2.37. The number of anilines is 1. The molecule has 1 amide bonds. The van der Waals surface area contributed by atoms with Gasteiger partial charge in [0.2, 0.25) is 0 Å². The summed E-state index contributed by atoms with van der Waals surface area (Å²) in [6, 6.07) is 17.8. The normalized spacial score (nSPS) is 15.4. The Balaban J connectivity index is 1.67. The van der Waals surface area contributed by atoms with Gasteiger partial charge in [0.1, 0.15) is 23.9 Å². The minimum atomic E-state index is -0.530. The van der Waals surface area contributed by atoms with E-state index >= 15 is 0 Å². The van der Waals surface area contributed by atoms with E-state index in [1.54, 1.807) is 23.1 Å². The fourth-order valence-corrected chi connectivity index (χ4v) is 4.01. The Hall–Kier alpha value is -3.77. The second kappa shape index (κ2) is 10.4. The standard InChI is InChI=1S/C27H24ClFN2O3/c1-2-15-33-22-8-3-18(4-9-22)26-16-19(24-17-20(28)5-12-25(24)30)13-14-31(26)27(32)34-23-10-6-21(29)7-11-23/h2-12,16-17,26H,1,13-15,30H2. The van der Waals surface area contributed by atoms with Gasteiger partial charge in [0.25, 0.3) is 0 Å². The van der Waals surface area contributed by atoms with Gasteiger partial charge in [-0.1, -0.05) is 42.5 Å². The van der Waals surface area contributed by atoms with Gasteiger partial charge in [0.05, 0.1) is 6.04 Å². The van der Waals surface area contributed by atoms with Crippen LogP contribution in [0.25, 0.3) is 5.57 Å². The van der Waals surface area contributed by atoms with Crippen molar-refractivity contribution in [1.29, 1.82) is 0 Å². The van der Waals surface area contributed by atoms with Gasteiger partial charge in [-0.05, 0) is 72.2 Å². The molecule has 0 aromatic heterocycles. The number of carbonyl (C=O) groups is 1. The molecule has 2 N–H and O–H groups in total. The fourth-order valence-electron chi connectivity index (χ4n) is 3.83. The van der Waals surface area contributed by atoms with E-state index < -0.39 is 18.0 Å². The zero-order chi connectivity index (χ0) is 24.1. The molecular formula is C27H24ClFN2O3. The van der Waals surface area contributed by atoms with Crippen molar-refractivity contribution in [2.45, 2.75) is 12.5 Å². The van der Waals surface area contributed by atoms with Gasteiger partial charge in [0, 0.05) is 22.8 Å². The number of benzene rings is 3. The molecule has 4 rings (SSSR count). The quantitative estimate of drug-likeness (QED) is 0.318. The first kappa shape index (κ1) is 23.4. The number of hydrogen-bond donors (Lipinski definition) is 1. The smallest absolute Gasteiger partial charge is 0.416 e. The van der Waals surface area contributed by atoms with Crippen LogP contribution in [-0.4, -0.2) is 24.1 Å². The molecule has 0 bridgehead atoms. The third kappa shape index (κ3) is 5.41. The molecule has 3 aromatic rings. The van der Waals surface area contributed by atoms with Crippen LogP contribution in [0.4, 0.5) is 14.9 Å². The fraction of sp³-hybridized carbons (Fsp3) is 0.148. The van der Waals surface area contributed by atoms with Crippen molar-refractivity contribution in [3.8, 4) is 11.5 Å². The van der Waals surface area contributed by atoms with Crippen LogP contribution in [0.15, 0.2) is 85.5 Å². The van der Waals surface area contributed by atoms with Crippen molar-refractivity contribution in [3.05, 3.63) is 107 Å². The maximum atomic E-state index is 13.2. The molecule has 1 unspecified atom stereocenters. The highest BCUT2D eigenvalue weighted by molar-refractivity contribution is 6.30. The molecule has 174 valence electrons. The Morgan fingerprint density at radius 1 is 1.12 bits per heavy atom. The number of ether oxygens (including phenoxy) is 2. The van der Waals surface area contributed by atoms with Crippen LogP contribution in [0.3, 0.4) is 0 Å². The van der Waals surface area contributed by atoms with E-state index in [9.17, 15) is 9.18 Å². The van der Waals surface area contributed by atoms with E-state index in [0.29, 0.717) is 36.0 Å². The molecule has 0 spiro atoms. The topological polar surface area (TPSA) is 64.8 Å². The van der Waals surface area contributed by atoms with Crippen molar-refractivity contribution in [2.24, 2.45) is 0 Å². The number of amides is 1. The Morgan fingerprint density at radius 3 is 2.53 bits per heavy atom. The molecular weight excluding hydrogens is 455 g/mol. The molecule has 1 atom stereocenters. The zero-order valence-corrected chi connectivity index (χ0v) is 19.2. The molecule has 5 nitrogen and oxygen atoms in total. The zero-order valence-electron chi connectivity index (χ0n) is 18.4. The number of nitrogen functional groups attached to an aromatic ring is 1. The van der Waals surface area contributed by atoms with E-state index in [0.717, 1.165) is 16.7 Å². The van der Waals surface area contributed by atoms with Crippen molar-refractivity contribution in [3.63, 3.8) is 0 Å². The van der Waals surface area contributed by atoms with Crippen molar-refractivity contribution in [1.82, 2.24) is 4.90 Å². The van der Waals surface area contributed by atoms with Crippen molar-refractivity contribution < 1.29 is 18.7 Å². The number of halogens is 2. The van der Waals surface area contributed by atoms with Crippen molar-refractivity contribution in [2.75, 3.05) is 18.9 Å². The Kier molecular flexibility index (Phi) is 7.18. The molecule has 3 aromatic carbocycles. The van der Waals surface area contributed by atoms with Crippen LogP contribution >= 0.6 is 11.6 Å². The summed E-state index contributed by atoms with van der Waals surface area (Å²) in [6.45, 7) is 4.45. The average Bonchev–Trinajstić information content (AvgIpc) is 2.85. The van der Waals surface area contributed by atoms with E-state index in [1.165, 1.54) is 24.3 Å². The molecule has 0 fully saturated rings. The largest absolute Gasteiger partial charge is 0.490 e. The number of nitrogens with two attached hydrogens (primary N) is 1. The summed E-state index contributed by atoms with van der Waals surface area (Å²) >= 11 is 6.21. The van der Waals surface area contributed by atoms with Gasteiger partial charge >= 0.3 is 6.09 Å². The predicted molar refractivity (Wildman–Crippen MR) is 132 cm³/mol. The lowest BCUT2D eigenvalue weighted by molar-refractivity contribution is 0.140. The number of nitrogens with zero attached hydrogens (tertiary/aromatic N) is 1. The summed E-state index contributed by atoms with van der Waals surface area (Å²) in [5.74, 6) is 0.566. The second-order valence-electron chi connectivity index (χ2n) is 7.80. The van der Waals surface area contributed by atoms with Gasteiger partial charge in [-0.25, -0.2) is 9.18 Å². The molecule has 1 aliphatic heterocycles. The van der Waals surface area contributed by atoms with Gasteiger partial charge in [-0.15, -0.1) is 0 Å². The molecule has 0 saturated heterocycles. The summed E-state index contributed by atoms with van der Waals surface area (Å²) in [7, 11) is 0. The molecule has 0 aliphatic carbocycles. The predicted octanol–water partition coefficient (Wildman–Crippen LogP) is 6.66. The molecule has 7 heteroatoms. The molecule has 1 aliphatic rings. The summed E-state index contributed by atoms with van der Waals surface area (Å²) in [4.78, 5) is 14.7. The maximum Gasteiger partial charge on any atom is 0.416 e. The Labute approximate surface area is 202 Å². The summed E-state index contributed by atoms with van der Waals surface area (Å²) in [6.07, 6.45) is 3.71. The van der Waals surface area contributed by atoms with Crippen LogP contribution in [-0.2, 0) is 0 Å². The highest BCUT2D eigenvalue weighted by Gasteiger charge is 2.30. The summed E-state index contributed by atoms with van der Waals surface area (Å²) < 4.78 is 24.4. The van der Waals surface area contributed by atoms with Crippen LogP contribution in [0, 0.1) is 5.82 Å². The van der Waals surface area contributed by atoms with Crippen molar-refractivity contribution >= 4 is 29.0 Å². The molecule has 34 heavy (non-hydrogen) atoms. The first-order valence-electron chi connectivity index (χ1n) is 10.8. The third-order valence-corrected chi connectivity index (χ3v) is 5.76. The van der Waals surface area contributed by atoms with E-state index in [-0.39, 0.29) is 5.75 Å². The first-order chi connectivity index (χ1) is 16.4. The summed E-state index contributed by atoms with van der Waals surface area (Å²) in [5.41, 5.74) is 9.54. The monoisotopic (exact) mass is 478 g/mol. The first-order valence-corrected chi connectivity index (χ1v) is 11.2. The van der Waals surface area contributed by atoms with Crippen LogP contribution < -0.4 is 15.2 Å². The van der Waals surface area contributed by atoms with E-state index in [1.807, 2.05) is 36.4 Å². The minimum absolute atomic E-state index is 0.271. The number of rotatable bonds is 6. The second-order valence-corrected chi connectivity index (χ2v) is 8.24. The number of hydrogen-bond acceptors (Lipinski definition) is 4. The Bertz CT molecular complexity index is 1210. The van der Waals surface area contributed by atoms with E-state index in [4.69, 9.17) is 26.8 Å². The number of carbonyl (C=O) groups excluding carboxylic acids is 1. The lowest BCUT2D eigenvalue weighted by Crippen LogP contribution is -2.39. The van der Waals surface area contributed by atoms with Gasteiger partial charge in [-0.3, -0.25) is 4.90 Å². The van der Waals surface area contributed by atoms with Crippen LogP contribution in [0.2, 0.25) is 5.02 Å². The van der Waals surface area contributed by atoms with Crippen LogP contribution in [0.1, 0.15) is 23.6 Å². The lowest BCUT2D eigenvalue weighted by atomic mass is 9.91. The highest BCUT2D eigenvalue weighted by atomic mass is 35.5. The molecule has 0 saturated carbocycles. The minimum Gasteiger partial charge on any atom is -0.490 e. The lowest BCUT2D eigenvalue weighted by Gasteiger charge is -2.34. The van der Waals surface area contributed by atoms with Crippen LogP contribution in [0.5, 0.6) is 11.5 Å². The Morgan fingerprint density at radius 2 is 1.82 bits per heavy atom. The maximum absolute atomic E-state index is 13.2. The van der Waals surface area contributed by atoms with Gasteiger partial charge in [0.15, 0.2) is 0 Å². The molecule has 0 radical (unpaired) electrons. The van der Waals surface area contributed by atoms with E-state index in [2.05, 4.69) is 6.58 Å². The van der Waals surface area contributed by atoms with Gasteiger partial charge in [-0.2, -0.15) is 0 Å². The SMILES string of the molecule is C=CCOc1ccc(C2C=C(c3cc(Cl)ccc3N)CCN2C(=O)Oc2ccc(F)cc2)cc1. The average molecular weight is 479 g/mol. The van der Waals surface area contributed by atoms with Gasteiger partial charge < -0.3 is 15.2 Å². The molecule has 1 heterocycles. The summed E-state index contributed by atoms with van der Waals surface area (Å²) in [5, 5.41) is 0.587.